The van der Waals surface area contributed by atoms with Gasteiger partial charge in [0.25, 0.3) is 0 Å². The summed E-state index contributed by atoms with van der Waals surface area (Å²) in [6, 6.07) is 10.7. The summed E-state index contributed by atoms with van der Waals surface area (Å²) in [7, 11) is 0. The number of benzene rings is 1. The van der Waals surface area contributed by atoms with Gasteiger partial charge >= 0.3 is 0 Å². The fourth-order valence-electron chi connectivity index (χ4n) is 2.59. The molecule has 0 aliphatic carbocycles. The highest BCUT2D eigenvalue weighted by molar-refractivity contribution is 7.98. The zero-order valence-electron chi connectivity index (χ0n) is 12.8. The molecule has 1 aliphatic rings. The molecule has 2 heterocycles. The Morgan fingerprint density at radius 3 is 2.67 bits per heavy atom. The van der Waals surface area contributed by atoms with Crippen molar-refractivity contribution in [3.63, 3.8) is 0 Å². The molecule has 7 heteroatoms. The van der Waals surface area contributed by atoms with Crippen LogP contribution in [0, 0.1) is 11.3 Å². The topological polar surface area (TPSA) is 109 Å². The number of aliphatic hydroxyl groups excluding tert-OH is 1. The van der Waals surface area contributed by atoms with Crippen molar-refractivity contribution in [1.82, 2.24) is 0 Å². The zero-order chi connectivity index (χ0) is 17.3. The van der Waals surface area contributed by atoms with E-state index in [1.807, 2.05) is 36.6 Å². The van der Waals surface area contributed by atoms with Crippen LogP contribution in [0.5, 0.6) is 5.75 Å². The average Bonchev–Trinajstić information content (AvgIpc) is 2.61. The molecule has 1 atom stereocenters. The van der Waals surface area contributed by atoms with Gasteiger partial charge < -0.3 is 20.0 Å². The summed E-state index contributed by atoms with van der Waals surface area (Å²) < 4.78 is 10.9. The number of aliphatic hydroxyl groups is 1. The Kier molecular flexibility index (Phi) is 4.34. The van der Waals surface area contributed by atoms with Crippen LogP contribution in [-0.2, 0) is 6.61 Å². The van der Waals surface area contributed by atoms with Gasteiger partial charge in [0.15, 0.2) is 5.76 Å². The van der Waals surface area contributed by atoms with E-state index in [9.17, 15) is 15.2 Å². The third-order valence-electron chi connectivity index (χ3n) is 3.73. The van der Waals surface area contributed by atoms with Crippen molar-refractivity contribution in [2.24, 2.45) is 5.73 Å². The van der Waals surface area contributed by atoms with Gasteiger partial charge in [0.05, 0.1) is 5.92 Å². The lowest BCUT2D eigenvalue weighted by atomic mass is 9.87. The second-order valence-corrected chi connectivity index (χ2v) is 6.01. The lowest BCUT2D eigenvalue weighted by Gasteiger charge is -2.24. The second-order valence-electron chi connectivity index (χ2n) is 5.13. The molecule has 1 aromatic carbocycles. The predicted octanol–water partition coefficient (Wildman–Crippen LogP) is 2.07. The van der Waals surface area contributed by atoms with E-state index in [-0.39, 0.29) is 28.7 Å². The minimum Gasteiger partial charge on any atom is -0.458 e. The summed E-state index contributed by atoms with van der Waals surface area (Å²) in [6.07, 6.45) is 1.96. The third-order valence-corrected chi connectivity index (χ3v) is 4.48. The number of rotatable bonds is 3. The van der Waals surface area contributed by atoms with Gasteiger partial charge in [0, 0.05) is 11.0 Å². The molecule has 2 aromatic rings. The SMILES string of the molecule is CSc1ccc(C2C(C#N)=C(N)Oc3c2oc(CO)cc3=O)cc1. The van der Waals surface area contributed by atoms with Gasteiger partial charge in [-0.05, 0) is 24.0 Å². The molecule has 1 unspecified atom stereocenters. The van der Waals surface area contributed by atoms with Gasteiger partial charge in [0.1, 0.15) is 24.0 Å². The molecule has 0 fully saturated rings. The number of allylic oxidation sites excluding steroid dienone is 1. The van der Waals surface area contributed by atoms with Crippen LogP contribution in [0.4, 0.5) is 0 Å². The van der Waals surface area contributed by atoms with Crippen LogP contribution in [0.3, 0.4) is 0 Å². The summed E-state index contributed by atoms with van der Waals surface area (Å²) in [4.78, 5) is 13.3. The van der Waals surface area contributed by atoms with E-state index in [4.69, 9.17) is 14.9 Å². The van der Waals surface area contributed by atoms with Crippen LogP contribution in [-0.4, -0.2) is 11.4 Å². The van der Waals surface area contributed by atoms with Crippen molar-refractivity contribution in [2.45, 2.75) is 17.4 Å². The fraction of sp³-hybridized carbons (Fsp3) is 0.176. The van der Waals surface area contributed by atoms with E-state index in [0.717, 1.165) is 16.5 Å². The first-order valence-corrected chi connectivity index (χ1v) is 8.30. The van der Waals surface area contributed by atoms with Gasteiger partial charge in [-0.1, -0.05) is 12.1 Å². The number of hydrogen-bond acceptors (Lipinski definition) is 7. The molecule has 0 bridgehead atoms. The number of nitrogens with two attached hydrogens (primary N) is 1. The lowest BCUT2D eigenvalue weighted by Crippen LogP contribution is -2.25. The van der Waals surface area contributed by atoms with Crippen molar-refractivity contribution in [3.8, 4) is 11.8 Å². The first kappa shape index (κ1) is 16.2. The zero-order valence-corrected chi connectivity index (χ0v) is 13.6. The minimum atomic E-state index is -0.658. The highest BCUT2D eigenvalue weighted by atomic mass is 32.2. The van der Waals surface area contributed by atoms with Crippen molar-refractivity contribution in [1.29, 1.82) is 5.26 Å². The molecule has 3 rings (SSSR count). The van der Waals surface area contributed by atoms with Gasteiger partial charge in [-0.2, -0.15) is 5.26 Å². The first-order chi connectivity index (χ1) is 11.6. The van der Waals surface area contributed by atoms with Crippen LogP contribution in [0.25, 0.3) is 0 Å². The molecule has 3 N–H and O–H groups in total. The maximum Gasteiger partial charge on any atom is 0.228 e. The summed E-state index contributed by atoms with van der Waals surface area (Å²) in [5.41, 5.74) is 6.29. The van der Waals surface area contributed by atoms with E-state index in [2.05, 4.69) is 0 Å². The normalized spacial score (nSPS) is 16.3. The first-order valence-electron chi connectivity index (χ1n) is 7.08. The van der Waals surface area contributed by atoms with Crippen molar-refractivity contribution >= 4 is 11.8 Å². The summed E-state index contributed by atoms with van der Waals surface area (Å²) in [5.74, 6) is -0.551. The van der Waals surface area contributed by atoms with Crippen LogP contribution in [0.1, 0.15) is 23.0 Å². The molecule has 0 radical (unpaired) electrons. The molecular formula is C17H14N2O4S. The number of nitriles is 1. The lowest BCUT2D eigenvalue weighted by molar-refractivity contribution is 0.231. The Morgan fingerprint density at radius 2 is 2.08 bits per heavy atom. The number of ether oxygens (including phenoxy) is 1. The van der Waals surface area contributed by atoms with Crippen molar-refractivity contribution in [3.05, 3.63) is 69.1 Å². The van der Waals surface area contributed by atoms with Gasteiger partial charge in [-0.3, -0.25) is 4.79 Å². The van der Waals surface area contributed by atoms with Crippen molar-refractivity contribution in [2.75, 3.05) is 6.26 Å². The predicted molar refractivity (Wildman–Crippen MR) is 88.4 cm³/mol. The largest absolute Gasteiger partial charge is 0.458 e. The van der Waals surface area contributed by atoms with Crippen LogP contribution < -0.4 is 15.9 Å². The van der Waals surface area contributed by atoms with E-state index in [1.54, 1.807) is 11.8 Å². The Bertz CT molecular complexity index is 910. The molecule has 6 nitrogen and oxygen atoms in total. The Morgan fingerprint density at radius 1 is 1.38 bits per heavy atom. The monoisotopic (exact) mass is 342 g/mol. The van der Waals surface area contributed by atoms with Crippen molar-refractivity contribution < 1.29 is 14.3 Å². The van der Waals surface area contributed by atoms with E-state index >= 15 is 0 Å². The molecular weight excluding hydrogens is 328 g/mol. The number of fused-ring (bicyclic) bond motifs is 1. The average molecular weight is 342 g/mol. The van der Waals surface area contributed by atoms with Gasteiger partial charge in [-0.25, -0.2) is 0 Å². The molecule has 0 amide bonds. The molecule has 24 heavy (non-hydrogen) atoms. The van der Waals surface area contributed by atoms with E-state index in [1.165, 1.54) is 0 Å². The molecule has 1 aromatic heterocycles. The molecule has 0 saturated carbocycles. The molecule has 1 aliphatic heterocycles. The highest BCUT2D eigenvalue weighted by Gasteiger charge is 2.35. The van der Waals surface area contributed by atoms with Crippen LogP contribution in [0.15, 0.2) is 55.9 Å². The number of nitrogens with zero attached hydrogens (tertiary/aromatic N) is 1. The summed E-state index contributed by atoms with van der Waals surface area (Å²) in [6.45, 7) is -0.429. The van der Waals surface area contributed by atoms with Crippen LogP contribution >= 0.6 is 11.8 Å². The van der Waals surface area contributed by atoms with E-state index < -0.39 is 18.0 Å². The highest BCUT2D eigenvalue weighted by Crippen LogP contribution is 2.41. The van der Waals surface area contributed by atoms with Gasteiger partial charge in [0.2, 0.25) is 17.1 Å². The molecule has 0 saturated heterocycles. The maximum atomic E-state index is 12.2. The number of thioether (sulfide) groups is 1. The third kappa shape index (κ3) is 2.66. The summed E-state index contributed by atoms with van der Waals surface area (Å²) in [5, 5.41) is 18.8. The molecule has 0 spiro atoms. The smallest absolute Gasteiger partial charge is 0.228 e. The Balaban J connectivity index is 2.24. The summed E-state index contributed by atoms with van der Waals surface area (Å²) >= 11 is 1.59. The maximum absolute atomic E-state index is 12.2. The molecule has 122 valence electrons. The minimum absolute atomic E-state index is 0.0531. The van der Waals surface area contributed by atoms with Crippen LogP contribution in [0.2, 0.25) is 0 Å². The standard InChI is InChI=1S/C17H14N2O4S/c1-24-11-4-2-9(3-5-11)14-12(7-18)17(19)23-15-13(21)6-10(8-20)22-16(14)15/h2-6,14,20H,8,19H2,1H3. The number of hydrogen-bond donors (Lipinski definition) is 2. The van der Waals surface area contributed by atoms with E-state index in [0.29, 0.717) is 0 Å². The van der Waals surface area contributed by atoms with Gasteiger partial charge in [-0.15, -0.1) is 11.8 Å². The second kappa shape index (κ2) is 6.43. The Hall–Kier alpha value is -2.69. The Labute approximate surface area is 142 Å². The fourth-order valence-corrected chi connectivity index (χ4v) is 3.00. The quantitative estimate of drug-likeness (QED) is 0.822.